The lowest BCUT2D eigenvalue weighted by molar-refractivity contribution is 0.132. The lowest BCUT2D eigenvalue weighted by atomic mass is 9.89. The smallest absolute Gasteiger partial charge is 0.0666 e. The molecule has 1 aliphatic rings. The average Bonchev–Trinajstić information content (AvgIpc) is 2.47. The van der Waals surface area contributed by atoms with Gasteiger partial charge in [0.1, 0.15) is 0 Å². The third-order valence-corrected chi connectivity index (χ3v) is 4.20. The van der Waals surface area contributed by atoms with Crippen molar-refractivity contribution in [2.24, 2.45) is 11.8 Å². The molecule has 0 saturated carbocycles. The molecule has 1 heterocycles. The van der Waals surface area contributed by atoms with E-state index in [1.54, 1.807) is 0 Å². The molecular formula is C10H20OS. The van der Waals surface area contributed by atoms with Gasteiger partial charge in [-0.05, 0) is 24.0 Å². The molecule has 1 aliphatic heterocycles. The SMILES string of the molecule is CCC(CC)CC1CSCC1O. The van der Waals surface area contributed by atoms with Crippen LogP contribution in [0, 0.1) is 11.8 Å². The maximum atomic E-state index is 9.61. The van der Waals surface area contributed by atoms with E-state index >= 15 is 0 Å². The Labute approximate surface area is 79.9 Å². The van der Waals surface area contributed by atoms with Gasteiger partial charge >= 0.3 is 0 Å². The molecule has 1 fully saturated rings. The third kappa shape index (κ3) is 2.67. The van der Waals surface area contributed by atoms with Crippen LogP contribution < -0.4 is 0 Å². The van der Waals surface area contributed by atoms with Crippen molar-refractivity contribution in [1.29, 1.82) is 0 Å². The molecule has 1 nitrogen and oxygen atoms in total. The molecule has 1 saturated heterocycles. The van der Waals surface area contributed by atoms with Gasteiger partial charge in [-0.15, -0.1) is 0 Å². The molecule has 1 rings (SSSR count). The molecule has 0 radical (unpaired) electrons. The van der Waals surface area contributed by atoms with Crippen LogP contribution in [0.5, 0.6) is 0 Å². The molecular weight excluding hydrogens is 168 g/mol. The molecule has 0 aromatic carbocycles. The van der Waals surface area contributed by atoms with Crippen molar-refractivity contribution in [3.05, 3.63) is 0 Å². The molecule has 2 heteroatoms. The van der Waals surface area contributed by atoms with Crippen LogP contribution in [-0.4, -0.2) is 22.7 Å². The first-order chi connectivity index (χ1) is 5.77. The summed E-state index contributed by atoms with van der Waals surface area (Å²) in [7, 11) is 0. The standard InChI is InChI=1S/C10H20OS/c1-3-8(4-2)5-9-6-12-7-10(9)11/h8-11H,3-7H2,1-2H3. The summed E-state index contributed by atoms with van der Waals surface area (Å²) in [6, 6.07) is 0. The highest BCUT2D eigenvalue weighted by Crippen LogP contribution is 2.31. The Hall–Kier alpha value is 0.310. The second-order valence-electron chi connectivity index (χ2n) is 3.78. The molecule has 0 aliphatic carbocycles. The van der Waals surface area contributed by atoms with Gasteiger partial charge in [0.05, 0.1) is 6.10 Å². The Morgan fingerprint density at radius 3 is 2.42 bits per heavy atom. The van der Waals surface area contributed by atoms with Gasteiger partial charge in [0.2, 0.25) is 0 Å². The van der Waals surface area contributed by atoms with Gasteiger partial charge < -0.3 is 5.11 Å². The summed E-state index contributed by atoms with van der Waals surface area (Å²) in [4.78, 5) is 0. The van der Waals surface area contributed by atoms with Crippen molar-refractivity contribution in [3.63, 3.8) is 0 Å². The highest BCUT2D eigenvalue weighted by atomic mass is 32.2. The van der Waals surface area contributed by atoms with E-state index in [-0.39, 0.29) is 6.10 Å². The molecule has 0 aromatic heterocycles. The second kappa shape index (κ2) is 5.13. The second-order valence-corrected chi connectivity index (χ2v) is 4.86. The Morgan fingerprint density at radius 1 is 1.33 bits per heavy atom. The van der Waals surface area contributed by atoms with E-state index in [4.69, 9.17) is 0 Å². The van der Waals surface area contributed by atoms with Crippen molar-refractivity contribution in [2.75, 3.05) is 11.5 Å². The zero-order chi connectivity index (χ0) is 8.97. The van der Waals surface area contributed by atoms with Crippen LogP contribution in [0.15, 0.2) is 0 Å². The zero-order valence-electron chi connectivity index (χ0n) is 8.12. The van der Waals surface area contributed by atoms with E-state index in [0.29, 0.717) is 5.92 Å². The van der Waals surface area contributed by atoms with Crippen LogP contribution in [0.2, 0.25) is 0 Å². The number of hydrogen-bond acceptors (Lipinski definition) is 2. The maximum absolute atomic E-state index is 9.61. The highest BCUT2D eigenvalue weighted by molar-refractivity contribution is 7.99. The minimum Gasteiger partial charge on any atom is -0.392 e. The topological polar surface area (TPSA) is 20.2 Å². The molecule has 0 amide bonds. The van der Waals surface area contributed by atoms with Crippen LogP contribution in [0.25, 0.3) is 0 Å². The van der Waals surface area contributed by atoms with Crippen LogP contribution in [-0.2, 0) is 0 Å². The Bertz CT molecular complexity index is 123. The third-order valence-electron chi connectivity index (χ3n) is 2.96. The predicted octanol–water partition coefficient (Wildman–Crippen LogP) is 2.54. The highest BCUT2D eigenvalue weighted by Gasteiger charge is 2.27. The van der Waals surface area contributed by atoms with Gasteiger partial charge in [0.15, 0.2) is 0 Å². The van der Waals surface area contributed by atoms with Gasteiger partial charge in [-0.2, -0.15) is 11.8 Å². The van der Waals surface area contributed by atoms with E-state index in [2.05, 4.69) is 13.8 Å². The van der Waals surface area contributed by atoms with E-state index in [0.717, 1.165) is 11.7 Å². The van der Waals surface area contributed by atoms with Gasteiger partial charge in [0.25, 0.3) is 0 Å². The van der Waals surface area contributed by atoms with Crippen LogP contribution >= 0.6 is 11.8 Å². The van der Waals surface area contributed by atoms with Crippen molar-refractivity contribution in [1.82, 2.24) is 0 Å². The number of hydrogen-bond donors (Lipinski definition) is 1. The fourth-order valence-corrected chi connectivity index (χ4v) is 3.17. The molecule has 2 unspecified atom stereocenters. The van der Waals surface area contributed by atoms with Crippen LogP contribution in [0.1, 0.15) is 33.1 Å². The fourth-order valence-electron chi connectivity index (χ4n) is 1.86. The summed E-state index contributed by atoms with van der Waals surface area (Å²) in [6.45, 7) is 4.51. The lowest BCUT2D eigenvalue weighted by Crippen LogP contribution is -2.20. The molecule has 0 aromatic rings. The minimum atomic E-state index is -0.0180. The monoisotopic (exact) mass is 188 g/mol. The number of thioether (sulfide) groups is 1. The summed E-state index contributed by atoms with van der Waals surface area (Å²) in [5.74, 6) is 3.56. The number of aliphatic hydroxyl groups is 1. The largest absolute Gasteiger partial charge is 0.392 e. The number of aliphatic hydroxyl groups excluding tert-OH is 1. The Kier molecular flexibility index (Phi) is 4.44. The molecule has 1 N–H and O–H groups in total. The van der Waals surface area contributed by atoms with Crippen LogP contribution in [0.3, 0.4) is 0 Å². The van der Waals surface area contributed by atoms with Crippen LogP contribution in [0.4, 0.5) is 0 Å². The van der Waals surface area contributed by atoms with E-state index in [1.165, 1.54) is 25.0 Å². The normalized spacial score (nSPS) is 30.0. The first-order valence-corrected chi connectivity index (χ1v) is 6.19. The molecule has 2 atom stereocenters. The first-order valence-electron chi connectivity index (χ1n) is 5.03. The van der Waals surface area contributed by atoms with E-state index in [9.17, 15) is 5.11 Å². The zero-order valence-corrected chi connectivity index (χ0v) is 8.94. The van der Waals surface area contributed by atoms with E-state index < -0.39 is 0 Å². The Balaban J connectivity index is 2.28. The van der Waals surface area contributed by atoms with Gasteiger partial charge in [-0.3, -0.25) is 0 Å². The minimum absolute atomic E-state index is 0.0180. The molecule has 0 spiro atoms. The van der Waals surface area contributed by atoms with Crippen molar-refractivity contribution >= 4 is 11.8 Å². The fraction of sp³-hybridized carbons (Fsp3) is 1.00. The first kappa shape index (κ1) is 10.4. The average molecular weight is 188 g/mol. The molecule has 12 heavy (non-hydrogen) atoms. The van der Waals surface area contributed by atoms with Crippen molar-refractivity contribution < 1.29 is 5.11 Å². The van der Waals surface area contributed by atoms with Crippen molar-refractivity contribution in [3.8, 4) is 0 Å². The summed E-state index contributed by atoms with van der Waals surface area (Å²) in [5, 5.41) is 9.61. The predicted molar refractivity (Wildman–Crippen MR) is 55.5 cm³/mol. The van der Waals surface area contributed by atoms with Crippen molar-refractivity contribution in [2.45, 2.75) is 39.2 Å². The van der Waals surface area contributed by atoms with Gasteiger partial charge in [-0.1, -0.05) is 26.7 Å². The summed E-state index contributed by atoms with van der Waals surface area (Å²) < 4.78 is 0. The maximum Gasteiger partial charge on any atom is 0.0666 e. The summed E-state index contributed by atoms with van der Waals surface area (Å²) in [5.41, 5.74) is 0. The van der Waals surface area contributed by atoms with E-state index in [1.807, 2.05) is 11.8 Å². The number of rotatable bonds is 4. The van der Waals surface area contributed by atoms with Gasteiger partial charge in [-0.25, -0.2) is 0 Å². The molecule has 0 bridgehead atoms. The lowest BCUT2D eigenvalue weighted by Gasteiger charge is -2.19. The summed E-state index contributed by atoms with van der Waals surface area (Å²) in [6.07, 6.45) is 3.76. The Morgan fingerprint density at radius 2 is 2.00 bits per heavy atom. The molecule has 72 valence electrons. The van der Waals surface area contributed by atoms with Gasteiger partial charge in [0, 0.05) is 5.75 Å². The summed E-state index contributed by atoms with van der Waals surface area (Å²) >= 11 is 1.90. The quantitative estimate of drug-likeness (QED) is 0.731.